The Morgan fingerprint density at radius 2 is 2.14 bits per heavy atom. The van der Waals surface area contributed by atoms with Crippen molar-refractivity contribution in [1.82, 2.24) is 14.9 Å². The predicted molar refractivity (Wildman–Crippen MR) is 87.6 cm³/mol. The number of hydrogen-bond donors (Lipinski definition) is 2. The molecule has 0 radical (unpaired) electrons. The zero-order valence-corrected chi connectivity index (χ0v) is 13.9. The molecule has 0 amide bonds. The summed E-state index contributed by atoms with van der Waals surface area (Å²) >= 11 is 6.05. The molecule has 0 saturated carbocycles. The highest BCUT2D eigenvalue weighted by atomic mass is 35.5. The van der Waals surface area contributed by atoms with E-state index in [1.807, 2.05) is 25.2 Å². The zero-order valence-electron chi connectivity index (χ0n) is 13.2. The molecule has 0 spiro atoms. The highest BCUT2D eigenvalue weighted by Gasteiger charge is 2.20. The quantitative estimate of drug-likeness (QED) is 0.861. The van der Waals surface area contributed by atoms with E-state index >= 15 is 0 Å². The van der Waals surface area contributed by atoms with Crippen molar-refractivity contribution in [2.24, 2.45) is 12.5 Å². The summed E-state index contributed by atoms with van der Waals surface area (Å²) in [6.45, 7) is 7.46. The van der Waals surface area contributed by atoms with Crippen LogP contribution >= 0.6 is 11.6 Å². The molecule has 1 atom stereocenters. The van der Waals surface area contributed by atoms with Crippen molar-refractivity contribution < 1.29 is 5.11 Å². The summed E-state index contributed by atoms with van der Waals surface area (Å²) in [6, 6.07) is 5.89. The molecule has 2 N–H and O–H groups in total. The molecule has 21 heavy (non-hydrogen) atoms. The summed E-state index contributed by atoms with van der Waals surface area (Å²) in [5.74, 6) is 0.993. The van der Waals surface area contributed by atoms with E-state index in [9.17, 15) is 0 Å². The van der Waals surface area contributed by atoms with Crippen LogP contribution in [0.2, 0.25) is 5.02 Å². The fraction of sp³-hybridized carbons (Fsp3) is 0.562. The van der Waals surface area contributed by atoms with Crippen LogP contribution in [0.3, 0.4) is 0 Å². The monoisotopic (exact) mass is 309 g/mol. The molecule has 0 aliphatic rings. The van der Waals surface area contributed by atoms with Crippen molar-refractivity contribution in [3.63, 3.8) is 0 Å². The zero-order chi connectivity index (χ0) is 15.6. The largest absolute Gasteiger partial charge is 0.396 e. The van der Waals surface area contributed by atoms with Crippen LogP contribution in [0.15, 0.2) is 18.2 Å². The van der Waals surface area contributed by atoms with E-state index in [1.54, 1.807) is 0 Å². The number of halogens is 1. The third-order valence-corrected chi connectivity index (χ3v) is 4.18. The normalized spacial score (nSPS) is 13.8. The Labute approximate surface area is 131 Å². The van der Waals surface area contributed by atoms with Gasteiger partial charge in [-0.05, 0) is 37.0 Å². The first-order valence-corrected chi connectivity index (χ1v) is 7.68. The van der Waals surface area contributed by atoms with Gasteiger partial charge in [0.15, 0.2) is 0 Å². The number of nitrogens with one attached hydrogen (secondary N) is 1. The predicted octanol–water partition coefficient (Wildman–Crippen LogP) is 3.29. The van der Waals surface area contributed by atoms with Crippen LogP contribution < -0.4 is 5.32 Å². The number of aromatic nitrogens is 2. The van der Waals surface area contributed by atoms with Crippen molar-refractivity contribution in [3.05, 3.63) is 29.0 Å². The lowest BCUT2D eigenvalue weighted by Gasteiger charge is -2.26. The highest BCUT2D eigenvalue weighted by Crippen LogP contribution is 2.24. The van der Waals surface area contributed by atoms with Gasteiger partial charge in [0, 0.05) is 25.2 Å². The fourth-order valence-corrected chi connectivity index (χ4v) is 2.65. The molecule has 5 heteroatoms. The first kappa shape index (κ1) is 16.3. The number of fused-ring (bicyclic) bond motifs is 1. The lowest BCUT2D eigenvalue weighted by molar-refractivity contribution is 0.203. The lowest BCUT2D eigenvalue weighted by Crippen LogP contribution is -2.33. The van der Waals surface area contributed by atoms with Crippen LogP contribution in [-0.4, -0.2) is 27.8 Å². The van der Waals surface area contributed by atoms with Crippen LogP contribution in [0.1, 0.15) is 39.1 Å². The molecule has 0 aliphatic carbocycles. The Balaban J connectivity index is 2.16. The van der Waals surface area contributed by atoms with Crippen molar-refractivity contribution in [2.45, 2.75) is 33.2 Å². The maximum atomic E-state index is 9.09. The second-order valence-corrected chi connectivity index (χ2v) is 6.84. The van der Waals surface area contributed by atoms with Gasteiger partial charge in [0.2, 0.25) is 0 Å². The van der Waals surface area contributed by atoms with Gasteiger partial charge >= 0.3 is 0 Å². The van der Waals surface area contributed by atoms with Gasteiger partial charge in [0.25, 0.3) is 0 Å². The van der Waals surface area contributed by atoms with Crippen LogP contribution in [0.25, 0.3) is 11.0 Å². The molecule has 2 rings (SSSR count). The van der Waals surface area contributed by atoms with Crippen LogP contribution in [0.5, 0.6) is 0 Å². The molecule has 1 aromatic heterocycles. The van der Waals surface area contributed by atoms with Gasteiger partial charge in [-0.3, -0.25) is 0 Å². The van der Waals surface area contributed by atoms with E-state index in [1.165, 1.54) is 0 Å². The standard InChI is InChI=1S/C16H24ClN3O/c1-11(18-10-16(2,3)7-8-21)15-19-13-6-5-12(17)9-14(13)20(15)4/h5-6,9,11,18,21H,7-8,10H2,1-4H3. The number of hydrogen-bond acceptors (Lipinski definition) is 3. The highest BCUT2D eigenvalue weighted by molar-refractivity contribution is 6.31. The van der Waals surface area contributed by atoms with E-state index < -0.39 is 0 Å². The average Bonchev–Trinajstić information content (AvgIpc) is 2.73. The van der Waals surface area contributed by atoms with Gasteiger partial charge in [-0.15, -0.1) is 0 Å². The minimum absolute atomic E-state index is 0.0664. The average molecular weight is 310 g/mol. The van der Waals surface area contributed by atoms with Crippen LogP contribution in [0, 0.1) is 5.41 Å². The van der Waals surface area contributed by atoms with Gasteiger partial charge in [0.05, 0.1) is 17.1 Å². The smallest absolute Gasteiger partial charge is 0.126 e. The molecule has 0 aliphatic heterocycles. The van der Waals surface area contributed by atoms with Gasteiger partial charge in [0.1, 0.15) is 5.82 Å². The molecule has 2 aromatic rings. The van der Waals surface area contributed by atoms with Crippen molar-refractivity contribution in [2.75, 3.05) is 13.2 Å². The van der Waals surface area contributed by atoms with Gasteiger partial charge < -0.3 is 15.0 Å². The SMILES string of the molecule is CC(NCC(C)(C)CCO)c1nc2ccc(Cl)cc2n1C. The third-order valence-electron chi connectivity index (χ3n) is 3.94. The molecule has 4 nitrogen and oxygen atoms in total. The minimum Gasteiger partial charge on any atom is -0.396 e. The molecule has 0 bridgehead atoms. The summed E-state index contributed by atoms with van der Waals surface area (Å²) in [5.41, 5.74) is 2.07. The summed E-state index contributed by atoms with van der Waals surface area (Å²) in [4.78, 5) is 4.69. The molecular formula is C16H24ClN3O. The fourth-order valence-electron chi connectivity index (χ4n) is 2.48. The Kier molecular flexibility index (Phi) is 4.91. The van der Waals surface area contributed by atoms with Gasteiger partial charge in [-0.1, -0.05) is 25.4 Å². The molecule has 1 unspecified atom stereocenters. The first-order chi connectivity index (χ1) is 9.84. The number of benzene rings is 1. The first-order valence-electron chi connectivity index (χ1n) is 7.30. The van der Waals surface area contributed by atoms with Crippen LogP contribution in [0.4, 0.5) is 0 Å². The molecular weight excluding hydrogens is 286 g/mol. The van der Waals surface area contributed by atoms with Gasteiger partial charge in [-0.2, -0.15) is 0 Å². The minimum atomic E-state index is 0.0664. The number of nitrogens with zero attached hydrogens (tertiary/aromatic N) is 2. The number of aliphatic hydroxyl groups is 1. The summed E-state index contributed by atoms with van der Waals surface area (Å²) in [6.07, 6.45) is 0.783. The second-order valence-electron chi connectivity index (χ2n) is 6.40. The molecule has 1 aromatic carbocycles. The van der Waals surface area contributed by atoms with Gasteiger partial charge in [-0.25, -0.2) is 4.98 Å². The Morgan fingerprint density at radius 1 is 1.43 bits per heavy atom. The van der Waals surface area contributed by atoms with E-state index in [2.05, 4.69) is 30.7 Å². The number of aryl methyl sites for hydroxylation is 1. The maximum Gasteiger partial charge on any atom is 0.126 e. The molecule has 0 saturated heterocycles. The van der Waals surface area contributed by atoms with E-state index in [-0.39, 0.29) is 18.1 Å². The van der Waals surface area contributed by atoms with Crippen molar-refractivity contribution in [1.29, 1.82) is 0 Å². The molecule has 1 heterocycles. The number of imidazole rings is 1. The van der Waals surface area contributed by atoms with E-state index in [0.29, 0.717) is 0 Å². The maximum absolute atomic E-state index is 9.09. The van der Waals surface area contributed by atoms with Crippen molar-refractivity contribution in [3.8, 4) is 0 Å². The van der Waals surface area contributed by atoms with E-state index in [0.717, 1.165) is 34.8 Å². The van der Waals surface area contributed by atoms with E-state index in [4.69, 9.17) is 21.7 Å². The summed E-state index contributed by atoms with van der Waals surface area (Å²) in [5, 5.41) is 13.3. The molecule has 116 valence electrons. The topological polar surface area (TPSA) is 50.1 Å². The second kappa shape index (κ2) is 6.34. The lowest BCUT2D eigenvalue weighted by atomic mass is 9.89. The number of aliphatic hydroxyl groups excluding tert-OH is 1. The molecule has 0 fully saturated rings. The summed E-state index contributed by atoms with van der Waals surface area (Å²) < 4.78 is 2.08. The third kappa shape index (κ3) is 3.76. The Bertz CT molecular complexity index is 621. The Hall–Kier alpha value is -1.10. The summed E-state index contributed by atoms with van der Waals surface area (Å²) in [7, 11) is 2.01. The van der Waals surface area contributed by atoms with Crippen molar-refractivity contribution >= 4 is 22.6 Å². The Morgan fingerprint density at radius 3 is 2.81 bits per heavy atom. The number of rotatable bonds is 6. The van der Waals surface area contributed by atoms with Crippen LogP contribution in [-0.2, 0) is 7.05 Å².